The Morgan fingerprint density at radius 2 is 2.24 bits per heavy atom. The monoisotopic (exact) mass is 288 g/mol. The van der Waals surface area contributed by atoms with Crippen LogP contribution < -0.4 is 10.5 Å². The Hall–Kier alpha value is -1.85. The third kappa shape index (κ3) is 3.25. The summed E-state index contributed by atoms with van der Waals surface area (Å²) in [5.74, 6) is 1.52. The van der Waals surface area contributed by atoms with Crippen molar-refractivity contribution < 1.29 is 14.0 Å². The number of aryl methyl sites for hydroxylation is 1. The van der Waals surface area contributed by atoms with Gasteiger partial charge in [-0.05, 0) is 42.5 Å². The topological polar surface area (TPSA) is 70.5 Å². The van der Waals surface area contributed by atoms with Crippen LogP contribution in [0.1, 0.15) is 41.5 Å². The first kappa shape index (κ1) is 14.1. The summed E-state index contributed by atoms with van der Waals surface area (Å²) in [4.78, 5) is 0. The predicted octanol–water partition coefficient (Wildman–Crippen LogP) is 2.74. The van der Waals surface area contributed by atoms with E-state index in [1.165, 1.54) is 11.1 Å². The average Bonchev–Trinajstić information content (AvgIpc) is 2.94. The third-order valence-electron chi connectivity index (χ3n) is 3.76. The molecule has 1 atom stereocenters. The van der Waals surface area contributed by atoms with Crippen molar-refractivity contribution in [2.45, 2.75) is 38.5 Å². The molecule has 1 aromatic heterocycles. The number of aromatic nitrogens is 1. The molecule has 1 aliphatic rings. The predicted molar refractivity (Wildman–Crippen MR) is 77.9 cm³/mol. The molecule has 0 spiro atoms. The summed E-state index contributed by atoms with van der Waals surface area (Å²) in [6.07, 6.45) is 3.31. The summed E-state index contributed by atoms with van der Waals surface area (Å²) in [7, 11) is 1.62. The lowest BCUT2D eigenvalue weighted by molar-refractivity contribution is 0.155. The summed E-state index contributed by atoms with van der Waals surface area (Å²) in [6, 6.07) is 8.12. The highest BCUT2D eigenvalue weighted by Crippen LogP contribution is 2.31. The summed E-state index contributed by atoms with van der Waals surface area (Å²) >= 11 is 0. The van der Waals surface area contributed by atoms with Gasteiger partial charge in [0.25, 0.3) is 0 Å². The second-order valence-corrected chi connectivity index (χ2v) is 5.37. The first-order valence-corrected chi connectivity index (χ1v) is 7.21. The van der Waals surface area contributed by atoms with Gasteiger partial charge in [-0.25, -0.2) is 0 Å². The van der Waals surface area contributed by atoms with Gasteiger partial charge in [-0.3, -0.25) is 0 Å². The largest absolute Gasteiger partial charge is 0.487 e. The van der Waals surface area contributed by atoms with Gasteiger partial charge in [0.2, 0.25) is 0 Å². The Bertz CT molecular complexity index is 609. The van der Waals surface area contributed by atoms with Crippen LogP contribution in [0.25, 0.3) is 0 Å². The minimum Gasteiger partial charge on any atom is -0.487 e. The van der Waals surface area contributed by atoms with Crippen LogP contribution in [0.5, 0.6) is 5.75 Å². The molecule has 5 heteroatoms. The van der Waals surface area contributed by atoms with Crippen molar-refractivity contribution in [2.75, 3.05) is 7.11 Å². The number of nitrogens with two attached hydrogens (primary N) is 1. The van der Waals surface area contributed by atoms with Crippen molar-refractivity contribution in [3.63, 3.8) is 0 Å². The highest BCUT2D eigenvalue weighted by atomic mass is 16.5. The fraction of sp³-hybridized carbons (Fsp3) is 0.438. The summed E-state index contributed by atoms with van der Waals surface area (Å²) < 4.78 is 15.9. The summed E-state index contributed by atoms with van der Waals surface area (Å²) in [6.45, 7) is 0.794. The van der Waals surface area contributed by atoms with Gasteiger partial charge in [0.15, 0.2) is 5.76 Å². The average molecular weight is 288 g/mol. The van der Waals surface area contributed by atoms with Crippen molar-refractivity contribution in [3.8, 4) is 5.75 Å². The van der Waals surface area contributed by atoms with E-state index in [9.17, 15) is 0 Å². The molecule has 1 aromatic carbocycles. The number of benzene rings is 1. The number of hydrogen-bond donors (Lipinski definition) is 1. The van der Waals surface area contributed by atoms with Gasteiger partial charge < -0.3 is 19.7 Å². The first-order valence-electron chi connectivity index (χ1n) is 7.21. The quantitative estimate of drug-likeness (QED) is 0.916. The zero-order valence-electron chi connectivity index (χ0n) is 12.2. The molecule has 5 nitrogen and oxygen atoms in total. The van der Waals surface area contributed by atoms with Crippen molar-refractivity contribution in [3.05, 3.63) is 46.8 Å². The maximum Gasteiger partial charge on any atom is 0.162 e. The minimum absolute atomic E-state index is 0.123. The Labute approximate surface area is 124 Å². The van der Waals surface area contributed by atoms with Crippen LogP contribution in [-0.4, -0.2) is 12.3 Å². The van der Waals surface area contributed by atoms with Gasteiger partial charge in [-0.1, -0.05) is 11.2 Å². The van der Waals surface area contributed by atoms with Crippen LogP contribution in [0.4, 0.5) is 0 Å². The molecule has 1 aliphatic carbocycles. The number of hydrogen-bond acceptors (Lipinski definition) is 5. The fourth-order valence-electron chi connectivity index (χ4n) is 2.69. The van der Waals surface area contributed by atoms with Crippen LogP contribution in [0.2, 0.25) is 0 Å². The molecule has 2 aromatic rings. The molecule has 0 saturated heterocycles. The molecule has 2 N–H and O–H groups in total. The van der Waals surface area contributed by atoms with Crippen LogP contribution in [-0.2, 0) is 24.4 Å². The van der Waals surface area contributed by atoms with Gasteiger partial charge in [0, 0.05) is 19.2 Å². The molecule has 0 bridgehead atoms. The van der Waals surface area contributed by atoms with Gasteiger partial charge in [0.1, 0.15) is 24.7 Å². The van der Waals surface area contributed by atoms with E-state index in [4.69, 9.17) is 19.7 Å². The second kappa shape index (κ2) is 6.28. The smallest absolute Gasteiger partial charge is 0.162 e. The van der Waals surface area contributed by atoms with Crippen molar-refractivity contribution in [1.82, 2.24) is 5.16 Å². The Balaban J connectivity index is 1.66. The van der Waals surface area contributed by atoms with Crippen LogP contribution >= 0.6 is 0 Å². The lowest BCUT2D eigenvalue weighted by atomic mass is 9.88. The molecule has 0 aliphatic heterocycles. The van der Waals surface area contributed by atoms with Gasteiger partial charge in [-0.15, -0.1) is 0 Å². The minimum atomic E-state index is 0.123. The zero-order chi connectivity index (χ0) is 14.7. The molecule has 0 radical (unpaired) electrons. The molecule has 1 unspecified atom stereocenters. The zero-order valence-corrected chi connectivity index (χ0v) is 12.2. The maximum atomic E-state index is 6.16. The van der Waals surface area contributed by atoms with E-state index in [1.807, 2.05) is 12.1 Å². The Morgan fingerprint density at radius 1 is 1.33 bits per heavy atom. The van der Waals surface area contributed by atoms with Crippen molar-refractivity contribution in [2.24, 2.45) is 5.73 Å². The highest BCUT2D eigenvalue weighted by Gasteiger charge is 2.17. The number of rotatable bonds is 5. The van der Waals surface area contributed by atoms with Gasteiger partial charge >= 0.3 is 0 Å². The third-order valence-corrected chi connectivity index (χ3v) is 3.76. The molecule has 0 amide bonds. The molecule has 0 fully saturated rings. The molecular weight excluding hydrogens is 268 g/mol. The van der Waals surface area contributed by atoms with E-state index in [-0.39, 0.29) is 6.04 Å². The number of fused-ring (bicyclic) bond motifs is 1. The Morgan fingerprint density at radius 3 is 3.10 bits per heavy atom. The van der Waals surface area contributed by atoms with E-state index in [1.54, 1.807) is 7.11 Å². The summed E-state index contributed by atoms with van der Waals surface area (Å²) in [5, 5.41) is 3.95. The van der Waals surface area contributed by atoms with E-state index < -0.39 is 0 Å². The SMILES string of the molecule is COCc1cc(COc2ccc3c(c2)C(N)CCC3)no1. The summed E-state index contributed by atoms with van der Waals surface area (Å²) in [5.41, 5.74) is 9.46. The van der Waals surface area contributed by atoms with Crippen LogP contribution in [0.3, 0.4) is 0 Å². The highest BCUT2D eigenvalue weighted by molar-refractivity contribution is 5.39. The molecule has 112 valence electrons. The van der Waals surface area contributed by atoms with E-state index >= 15 is 0 Å². The lowest BCUT2D eigenvalue weighted by Crippen LogP contribution is -2.17. The fourth-order valence-corrected chi connectivity index (χ4v) is 2.69. The normalized spacial score (nSPS) is 17.5. The van der Waals surface area contributed by atoms with Crippen LogP contribution in [0, 0.1) is 0 Å². The lowest BCUT2D eigenvalue weighted by Gasteiger charge is -2.22. The standard InChI is InChI=1S/C16H20N2O3/c1-19-10-14-7-12(18-21-14)9-20-13-6-5-11-3-2-4-16(17)15(11)8-13/h5-8,16H,2-4,9-10,17H2,1H3. The van der Waals surface area contributed by atoms with E-state index in [2.05, 4.69) is 17.3 Å². The molecule has 1 heterocycles. The molecular formula is C16H20N2O3. The second-order valence-electron chi connectivity index (χ2n) is 5.37. The van der Waals surface area contributed by atoms with Crippen molar-refractivity contribution >= 4 is 0 Å². The van der Waals surface area contributed by atoms with Crippen LogP contribution in [0.15, 0.2) is 28.8 Å². The van der Waals surface area contributed by atoms with Gasteiger partial charge in [-0.2, -0.15) is 0 Å². The molecule has 3 rings (SSSR count). The number of methoxy groups -OCH3 is 1. The number of nitrogens with zero attached hydrogens (tertiary/aromatic N) is 1. The van der Waals surface area contributed by atoms with E-state index in [0.717, 1.165) is 30.7 Å². The van der Waals surface area contributed by atoms with Gasteiger partial charge in [0.05, 0.1) is 0 Å². The Kier molecular flexibility index (Phi) is 4.22. The molecule has 21 heavy (non-hydrogen) atoms. The number of ether oxygens (including phenoxy) is 2. The maximum absolute atomic E-state index is 6.16. The van der Waals surface area contributed by atoms with Crippen molar-refractivity contribution in [1.29, 1.82) is 0 Å². The van der Waals surface area contributed by atoms with E-state index in [0.29, 0.717) is 19.0 Å². The first-order chi connectivity index (χ1) is 10.3. The molecule has 0 saturated carbocycles.